The van der Waals surface area contributed by atoms with Crippen LogP contribution in [0.5, 0.6) is 0 Å². The quantitative estimate of drug-likeness (QED) is 0.917. The normalized spacial score (nSPS) is 10.9. The fourth-order valence-corrected chi connectivity index (χ4v) is 1.71. The number of aromatic nitrogens is 2. The first-order valence-corrected chi connectivity index (χ1v) is 5.64. The van der Waals surface area contributed by atoms with E-state index in [0.29, 0.717) is 0 Å². The molecule has 0 radical (unpaired) electrons. The van der Waals surface area contributed by atoms with E-state index in [9.17, 15) is 13.2 Å². The molecule has 0 aliphatic heterocycles. The van der Waals surface area contributed by atoms with Crippen LogP contribution in [0.15, 0.2) is 30.6 Å². The van der Waals surface area contributed by atoms with Gasteiger partial charge >= 0.3 is 6.18 Å². The van der Waals surface area contributed by atoms with Crippen molar-refractivity contribution in [1.82, 2.24) is 9.97 Å². The van der Waals surface area contributed by atoms with Crippen molar-refractivity contribution in [2.45, 2.75) is 6.18 Å². The number of nitriles is 1. The zero-order valence-electron chi connectivity index (χ0n) is 9.74. The molecule has 4 nitrogen and oxygen atoms in total. The second-order valence-corrected chi connectivity index (χ2v) is 4.15. The molecule has 0 aliphatic carbocycles. The van der Waals surface area contributed by atoms with Gasteiger partial charge in [0.25, 0.3) is 0 Å². The lowest BCUT2D eigenvalue weighted by atomic mass is 10.2. The first-order valence-electron chi connectivity index (χ1n) is 5.26. The number of benzene rings is 1. The van der Waals surface area contributed by atoms with E-state index in [1.807, 2.05) is 0 Å². The van der Waals surface area contributed by atoms with Crippen LogP contribution in [0.2, 0.25) is 5.02 Å². The molecule has 1 heterocycles. The van der Waals surface area contributed by atoms with Crippen molar-refractivity contribution >= 4 is 23.1 Å². The van der Waals surface area contributed by atoms with Gasteiger partial charge in [0, 0.05) is 23.1 Å². The first kappa shape index (κ1) is 14.1. The number of hydrogen-bond acceptors (Lipinski definition) is 4. The Balaban J connectivity index is 2.40. The third kappa shape index (κ3) is 3.16. The predicted molar refractivity (Wildman–Crippen MR) is 66.5 cm³/mol. The Bertz CT molecular complexity index is 679. The Hall–Kier alpha value is -2.33. The molecule has 0 fully saturated rings. The van der Waals surface area contributed by atoms with E-state index in [0.717, 1.165) is 12.1 Å². The zero-order valence-corrected chi connectivity index (χ0v) is 10.5. The van der Waals surface area contributed by atoms with Crippen LogP contribution >= 0.6 is 11.6 Å². The molecule has 1 aromatic heterocycles. The van der Waals surface area contributed by atoms with E-state index in [1.54, 1.807) is 6.07 Å². The summed E-state index contributed by atoms with van der Waals surface area (Å²) in [5.41, 5.74) is -0.849. The van der Waals surface area contributed by atoms with E-state index < -0.39 is 11.7 Å². The predicted octanol–water partition coefficient (Wildman–Crippen LogP) is 3.76. The summed E-state index contributed by atoms with van der Waals surface area (Å²) in [5.74, 6) is 0.0605. The molecule has 8 heteroatoms. The van der Waals surface area contributed by atoms with Crippen LogP contribution in [0, 0.1) is 11.3 Å². The number of nitrogens with zero attached hydrogens (tertiary/aromatic N) is 3. The number of nitrogens with one attached hydrogen (secondary N) is 1. The molecule has 2 aromatic rings. The highest BCUT2D eigenvalue weighted by Gasteiger charge is 2.31. The molecular weight excluding hydrogens is 293 g/mol. The van der Waals surface area contributed by atoms with Gasteiger partial charge in [0.1, 0.15) is 6.07 Å². The maximum absolute atomic E-state index is 12.7. The van der Waals surface area contributed by atoms with Gasteiger partial charge < -0.3 is 5.32 Å². The SMILES string of the molecule is N#Cc1nccnc1Nc1cc(Cl)cc(C(F)(F)F)c1. The van der Waals surface area contributed by atoms with Gasteiger partial charge in [-0.2, -0.15) is 18.4 Å². The minimum Gasteiger partial charge on any atom is -0.338 e. The van der Waals surface area contributed by atoms with Crippen molar-refractivity contribution in [2.24, 2.45) is 0 Å². The molecule has 1 N–H and O–H groups in total. The van der Waals surface area contributed by atoms with Crippen LogP contribution in [0.4, 0.5) is 24.7 Å². The topological polar surface area (TPSA) is 61.6 Å². The summed E-state index contributed by atoms with van der Waals surface area (Å²) in [6.45, 7) is 0. The van der Waals surface area contributed by atoms with Crippen molar-refractivity contribution < 1.29 is 13.2 Å². The van der Waals surface area contributed by atoms with Crippen molar-refractivity contribution in [3.05, 3.63) is 46.9 Å². The smallest absolute Gasteiger partial charge is 0.338 e. The average Bonchev–Trinajstić information content (AvgIpc) is 2.37. The van der Waals surface area contributed by atoms with Gasteiger partial charge in [0.15, 0.2) is 11.5 Å². The highest BCUT2D eigenvalue weighted by molar-refractivity contribution is 6.31. The lowest BCUT2D eigenvalue weighted by molar-refractivity contribution is -0.137. The molecule has 0 bridgehead atoms. The maximum Gasteiger partial charge on any atom is 0.416 e. The third-order valence-electron chi connectivity index (χ3n) is 2.29. The van der Waals surface area contributed by atoms with Crippen LogP contribution in [0.25, 0.3) is 0 Å². The molecule has 0 amide bonds. The molecule has 1 aromatic carbocycles. The van der Waals surface area contributed by atoms with E-state index in [1.165, 1.54) is 18.5 Å². The van der Waals surface area contributed by atoms with Crippen LogP contribution in [0.3, 0.4) is 0 Å². The molecular formula is C12H6ClF3N4. The number of alkyl halides is 3. The summed E-state index contributed by atoms with van der Waals surface area (Å²) in [6, 6.07) is 4.77. The van der Waals surface area contributed by atoms with Crippen molar-refractivity contribution in [3.63, 3.8) is 0 Å². The monoisotopic (exact) mass is 298 g/mol. The van der Waals surface area contributed by atoms with Gasteiger partial charge in [0.05, 0.1) is 5.56 Å². The van der Waals surface area contributed by atoms with E-state index in [2.05, 4.69) is 15.3 Å². The van der Waals surface area contributed by atoms with Gasteiger partial charge in [0.2, 0.25) is 0 Å². The Labute approximate surface area is 116 Å². The van der Waals surface area contributed by atoms with Gasteiger partial charge in [-0.25, -0.2) is 9.97 Å². The molecule has 2 rings (SSSR count). The summed E-state index contributed by atoms with van der Waals surface area (Å²) in [6.07, 6.45) is -1.89. The van der Waals surface area contributed by atoms with Crippen LogP contribution < -0.4 is 5.32 Å². The van der Waals surface area contributed by atoms with E-state index in [4.69, 9.17) is 16.9 Å². The highest BCUT2D eigenvalue weighted by atomic mass is 35.5. The molecule has 20 heavy (non-hydrogen) atoms. The Morgan fingerprint density at radius 2 is 1.85 bits per heavy atom. The van der Waals surface area contributed by atoms with Gasteiger partial charge in [-0.15, -0.1) is 0 Å². The molecule has 102 valence electrons. The minimum atomic E-state index is -4.51. The first-order chi connectivity index (χ1) is 9.40. The van der Waals surface area contributed by atoms with E-state index in [-0.39, 0.29) is 22.2 Å². The lowest BCUT2D eigenvalue weighted by Crippen LogP contribution is -2.06. The minimum absolute atomic E-state index is 0.0268. The Morgan fingerprint density at radius 3 is 2.50 bits per heavy atom. The summed E-state index contributed by atoms with van der Waals surface area (Å²) in [5, 5.41) is 11.4. The van der Waals surface area contributed by atoms with Gasteiger partial charge in [-0.1, -0.05) is 11.6 Å². The fraction of sp³-hybridized carbons (Fsp3) is 0.0833. The summed E-state index contributed by atoms with van der Waals surface area (Å²) in [4.78, 5) is 7.59. The van der Waals surface area contributed by atoms with Crippen molar-refractivity contribution in [3.8, 4) is 6.07 Å². The van der Waals surface area contributed by atoms with Gasteiger partial charge in [-0.3, -0.25) is 0 Å². The number of halogens is 4. The standard InChI is InChI=1S/C12H6ClF3N4/c13-8-3-7(12(14,15)16)4-9(5-8)20-11-10(6-17)18-1-2-19-11/h1-5H,(H,19,20). The van der Waals surface area contributed by atoms with Crippen LogP contribution in [-0.4, -0.2) is 9.97 Å². The molecule has 0 atom stereocenters. The second kappa shape index (κ2) is 5.35. The number of rotatable bonds is 2. The molecule has 0 saturated carbocycles. The molecule has 0 spiro atoms. The Morgan fingerprint density at radius 1 is 1.15 bits per heavy atom. The van der Waals surface area contributed by atoms with Gasteiger partial charge in [-0.05, 0) is 18.2 Å². The molecule has 0 saturated heterocycles. The fourth-order valence-electron chi connectivity index (χ4n) is 1.47. The summed E-state index contributed by atoms with van der Waals surface area (Å²) < 4.78 is 38.0. The highest BCUT2D eigenvalue weighted by Crippen LogP contribution is 2.34. The van der Waals surface area contributed by atoms with Crippen molar-refractivity contribution in [1.29, 1.82) is 5.26 Å². The maximum atomic E-state index is 12.7. The molecule has 0 unspecified atom stereocenters. The average molecular weight is 299 g/mol. The number of anilines is 2. The number of hydrogen-bond donors (Lipinski definition) is 1. The van der Waals surface area contributed by atoms with Crippen LogP contribution in [0.1, 0.15) is 11.3 Å². The summed E-state index contributed by atoms with van der Waals surface area (Å²) >= 11 is 5.65. The van der Waals surface area contributed by atoms with Crippen molar-refractivity contribution in [2.75, 3.05) is 5.32 Å². The van der Waals surface area contributed by atoms with E-state index >= 15 is 0 Å². The second-order valence-electron chi connectivity index (χ2n) is 3.72. The summed E-state index contributed by atoms with van der Waals surface area (Å²) in [7, 11) is 0. The largest absolute Gasteiger partial charge is 0.416 e. The third-order valence-corrected chi connectivity index (χ3v) is 2.51. The molecule has 0 aliphatic rings. The lowest BCUT2D eigenvalue weighted by Gasteiger charge is -2.11. The Kier molecular flexibility index (Phi) is 3.77. The van der Waals surface area contributed by atoms with Crippen LogP contribution in [-0.2, 0) is 6.18 Å². The zero-order chi connectivity index (χ0) is 14.8.